The lowest BCUT2D eigenvalue weighted by atomic mass is 9.88. The summed E-state index contributed by atoms with van der Waals surface area (Å²) in [5.41, 5.74) is -0.468. The first-order valence-electron chi connectivity index (χ1n) is 6.18. The van der Waals surface area contributed by atoms with Gasteiger partial charge in [0.15, 0.2) is 0 Å². The van der Waals surface area contributed by atoms with Gasteiger partial charge in [-0.1, -0.05) is 0 Å². The Bertz CT molecular complexity index is 554. The van der Waals surface area contributed by atoms with Crippen molar-refractivity contribution in [3.63, 3.8) is 0 Å². The topological polar surface area (TPSA) is 62.5 Å². The van der Waals surface area contributed by atoms with Gasteiger partial charge in [-0.2, -0.15) is 0 Å². The predicted molar refractivity (Wildman–Crippen MR) is 65.3 cm³/mol. The van der Waals surface area contributed by atoms with Gasteiger partial charge in [-0.3, -0.25) is 9.59 Å². The molecule has 2 heterocycles. The van der Waals surface area contributed by atoms with E-state index >= 15 is 0 Å². The van der Waals surface area contributed by atoms with Crippen LogP contribution in [0.15, 0.2) is 23.1 Å². The van der Waals surface area contributed by atoms with Crippen LogP contribution in [-0.2, 0) is 7.05 Å². The molecular weight excluding hydrogens is 232 g/mol. The summed E-state index contributed by atoms with van der Waals surface area (Å²) in [5, 5.41) is 10.2. The zero-order chi connectivity index (χ0) is 12.9. The fourth-order valence-corrected chi connectivity index (χ4v) is 2.50. The molecule has 0 radical (unpaired) electrons. The molecule has 0 atom stereocenters. The third-order valence-corrected chi connectivity index (χ3v) is 3.91. The van der Waals surface area contributed by atoms with E-state index in [0.29, 0.717) is 24.6 Å². The first-order valence-corrected chi connectivity index (χ1v) is 6.18. The summed E-state index contributed by atoms with van der Waals surface area (Å²) in [5.74, 6) is 0.197. The van der Waals surface area contributed by atoms with Crippen LogP contribution in [0.25, 0.3) is 0 Å². The number of pyridine rings is 1. The summed E-state index contributed by atoms with van der Waals surface area (Å²) in [7, 11) is 1.64. The fraction of sp³-hybridized carbons (Fsp3) is 0.538. The smallest absolute Gasteiger partial charge is 0.254 e. The zero-order valence-electron chi connectivity index (χ0n) is 10.3. The highest BCUT2D eigenvalue weighted by Gasteiger charge is 2.53. The third kappa shape index (κ3) is 1.75. The van der Waals surface area contributed by atoms with Gasteiger partial charge in [0.2, 0.25) is 0 Å². The maximum Gasteiger partial charge on any atom is 0.254 e. The molecule has 1 aliphatic carbocycles. The van der Waals surface area contributed by atoms with Crippen LogP contribution in [0.5, 0.6) is 0 Å². The molecule has 1 amide bonds. The molecule has 0 aromatic carbocycles. The zero-order valence-corrected chi connectivity index (χ0v) is 10.3. The summed E-state index contributed by atoms with van der Waals surface area (Å²) in [6, 6.07) is 2.98. The largest absolute Gasteiger partial charge is 0.386 e. The maximum absolute atomic E-state index is 12.1. The molecule has 1 aliphatic heterocycles. The minimum absolute atomic E-state index is 0.168. The molecule has 5 heteroatoms. The summed E-state index contributed by atoms with van der Waals surface area (Å²) in [6.07, 6.45) is 3.71. The van der Waals surface area contributed by atoms with Crippen LogP contribution in [0.2, 0.25) is 0 Å². The van der Waals surface area contributed by atoms with Crippen LogP contribution in [0, 0.1) is 5.92 Å². The molecular formula is C13H16N2O3. The van der Waals surface area contributed by atoms with Crippen molar-refractivity contribution in [1.82, 2.24) is 9.47 Å². The number of aryl methyl sites for hydroxylation is 1. The van der Waals surface area contributed by atoms with Crippen LogP contribution < -0.4 is 5.56 Å². The van der Waals surface area contributed by atoms with Gasteiger partial charge in [0, 0.05) is 24.9 Å². The second kappa shape index (κ2) is 3.68. The Morgan fingerprint density at radius 3 is 2.67 bits per heavy atom. The van der Waals surface area contributed by atoms with Crippen LogP contribution in [0.4, 0.5) is 0 Å². The van der Waals surface area contributed by atoms with Crippen molar-refractivity contribution in [3.8, 4) is 0 Å². The molecule has 3 rings (SSSR count). The number of β-amino-alcohol motifs (C(OH)–C–C–N with tert-alkyl or cyclic N) is 1. The fourth-order valence-electron chi connectivity index (χ4n) is 2.50. The molecule has 2 aliphatic rings. The standard InChI is InChI=1S/C13H16N2O3/c1-14-5-4-9(6-11(14)16)12(17)15-7-13(18,8-15)10-2-3-10/h4-6,10,18H,2-3,7-8H2,1H3. The van der Waals surface area contributed by atoms with Crippen LogP contribution >= 0.6 is 0 Å². The number of rotatable bonds is 2. The molecule has 1 aromatic rings. The Hall–Kier alpha value is -1.62. The number of nitrogens with zero attached hydrogens (tertiary/aromatic N) is 2. The Morgan fingerprint density at radius 2 is 2.11 bits per heavy atom. The van der Waals surface area contributed by atoms with Gasteiger partial charge >= 0.3 is 0 Å². The molecule has 1 saturated carbocycles. The van der Waals surface area contributed by atoms with E-state index in [1.807, 2.05) is 0 Å². The van der Waals surface area contributed by atoms with Crippen LogP contribution in [0.3, 0.4) is 0 Å². The SMILES string of the molecule is Cn1ccc(C(=O)N2CC(O)(C3CC3)C2)cc1=O. The van der Waals surface area contributed by atoms with Crippen LogP contribution in [-0.4, -0.2) is 39.2 Å². The highest BCUT2D eigenvalue weighted by molar-refractivity contribution is 5.94. The third-order valence-electron chi connectivity index (χ3n) is 3.91. The van der Waals surface area contributed by atoms with Crippen molar-refractivity contribution in [3.05, 3.63) is 34.2 Å². The Morgan fingerprint density at radius 1 is 1.44 bits per heavy atom. The molecule has 5 nitrogen and oxygen atoms in total. The Labute approximate surface area is 105 Å². The van der Waals surface area contributed by atoms with Gasteiger partial charge in [0.1, 0.15) is 5.60 Å². The van der Waals surface area contributed by atoms with Gasteiger partial charge in [-0.25, -0.2) is 0 Å². The Kier molecular flexibility index (Phi) is 2.35. The number of aromatic nitrogens is 1. The predicted octanol–water partition coefficient (Wildman–Crippen LogP) is -0.0178. The molecule has 1 aromatic heterocycles. The average Bonchev–Trinajstić information content (AvgIpc) is 3.12. The molecule has 0 spiro atoms. The number of carbonyl (C=O) groups is 1. The first-order chi connectivity index (χ1) is 8.49. The minimum atomic E-state index is -0.671. The maximum atomic E-state index is 12.1. The summed E-state index contributed by atoms with van der Waals surface area (Å²) in [6.45, 7) is 0.789. The van der Waals surface area contributed by atoms with E-state index in [2.05, 4.69) is 0 Å². The van der Waals surface area contributed by atoms with Crippen molar-refractivity contribution in [1.29, 1.82) is 0 Å². The number of hydrogen-bond acceptors (Lipinski definition) is 3. The van der Waals surface area contributed by atoms with Gasteiger partial charge in [-0.15, -0.1) is 0 Å². The van der Waals surface area contributed by atoms with E-state index < -0.39 is 5.60 Å². The molecule has 96 valence electrons. The van der Waals surface area contributed by atoms with E-state index in [9.17, 15) is 14.7 Å². The lowest BCUT2D eigenvalue weighted by Gasteiger charge is -2.47. The summed E-state index contributed by atoms with van der Waals surface area (Å²) < 4.78 is 1.42. The Balaban J connectivity index is 1.72. The van der Waals surface area contributed by atoms with Gasteiger partial charge in [0.25, 0.3) is 11.5 Å². The van der Waals surface area contributed by atoms with Gasteiger partial charge in [0.05, 0.1) is 13.1 Å². The van der Waals surface area contributed by atoms with E-state index in [1.54, 1.807) is 24.2 Å². The monoisotopic (exact) mass is 248 g/mol. The molecule has 0 unspecified atom stereocenters. The number of aliphatic hydroxyl groups is 1. The summed E-state index contributed by atoms with van der Waals surface area (Å²) >= 11 is 0. The van der Waals surface area contributed by atoms with Crippen LogP contribution in [0.1, 0.15) is 23.2 Å². The normalized spacial score (nSPS) is 21.6. The lowest BCUT2D eigenvalue weighted by Crippen LogP contribution is -2.64. The molecule has 18 heavy (non-hydrogen) atoms. The highest BCUT2D eigenvalue weighted by Crippen LogP contribution is 2.44. The number of likely N-dealkylation sites (tertiary alicyclic amines) is 1. The average molecular weight is 248 g/mol. The van der Waals surface area contributed by atoms with E-state index in [-0.39, 0.29) is 11.5 Å². The van der Waals surface area contributed by atoms with E-state index in [4.69, 9.17) is 0 Å². The molecule has 1 N–H and O–H groups in total. The van der Waals surface area contributed by atoms with Crippen molar-refractivity contribution in [2.24, 2.45) is 13.0 Å². The van der Waals surface area contributed by atoms with Crippen molar-refractivity contribution < 1.29 is 9.90 Å². The van der Waals surface area contributed by atoms with Crippen molar-refractivity contribution in [2.75, 3.05) is 13.1 Å². The minimum Gasteiger partial charge on any atom is -0.386 e. The van der Waals surface area contributed by atoms with Crippen molar-refractivity contribution >= 4 is 5.91 Å². The number of amides is 1. The second-order valence-corrected chi connectivity index (χ2v) is 5.40. The van der Waals surface area contributed by atoms with E-state index in [1.165, 1.54) is 10.6 Å². The molecule has 2 fully saturated rings. The van der Waals surface area contributed by atoms with Gasteiger partial charge in [-0.05, 0) is 24.8 Å². The second-order valence-electron chi connectivity index (χ2n) is 5.40. The van der Waals surface area contributed by atoms with Gasteiger partial charge < -0.3 is 14.6 Å². The quantitative estimate of drug-likeness (QED) is 0.800. The summed E-state index contributed by atoms with van der Waals surface area (Å²) in [4.78, 5) is 25.2. The highest BCUT2D eigenvalue weighted by atomic mass is 16.3. The van der Waals surface area contributed by atoms with E-state index in [0.717, 1.165) is 12.8 Å². The first kappa shape index (κ1) is 11.5. The number of hydrogen-bond donors (Lipinski definition) is 1. The lowest BCUT2D eigenvalue weighted by molar-refractivity contribution is -0.0958. The number of carbonyl (C=O) groups excluding carboxylic acids is 1. The van der Waals surface area contributed by atoms with Crippen molar-refractivity contribution in [2.45, 2.75) is 18.4 Å². The molecule has 1 saturated heterocycles. The molecule has 0 bridgehead atoms.